The third-order valence-corrected chi connectivity index (χ3v) is 6.25. The van der Waals surface area contributed by atoms with Crippen molar-refractivity contribution < 1.29 is 5.11 Å². The maximum absolute atomic E-state index is 8.77. The summed E-state index contributed by atoms with van der Waals surface area (Å²) >= 11 is 0. The summed E-state index contributed by atoms with van der Waals surface area (Å²) in [5, 5.41) is 11.4. The molecule has 0 amide bonds. The highest BCUT2D eigenvalue weighted by molar-refractivity contribution is 6.55. The molecular formula is C25H30OSi. The minimum Gasteiger partial charge on any atom is -0.513 e. The van der Waals surface area contributed by atoms with Crippen LogP contribution >= 0.6 is 0 Å². The minimum absolute atomic E-state index is 0.589. The Morgan fingerprint density at radius 1 is 0.815 bits per heavy atom. The predicted molar refractivity (Wildman–Crippen MR) is 121 cm³/mol. The fourth-order valence-electron chi connectivity index (χ4n) is 3.68. The van der Waals surface area contributed by atoms with Crippen molar-refractivity contribution in [2.75, 3.05) is 0 Å². The Morgan fingerprint density at radius 3 is 2.22 bits per heavy atom. The van der Waals surface area contributed by atoms with E-state index in [4.69, 9.17) is 5.11 Å². The summed E-state index contributed by atoms with van der Waals surface area (Å²) in [5.74, 6) is 0.589. The van der Waals surface area contributed by atoms with Crippen molar-refractivity contribution >= 4 is 19.6 Å². The molecule has 0 unspecified atom stereocenters. The van der Waals surface area contributed by atoms with Crippen molar-refractivity contribution in [3.63, 3.8) is 0 Å². The van der Waals surface area contributed by atoms with Gasteiger partial charge in [-0.1, -0.05) is 79.8 Å². The fraction of sp³-hybridized carbons (Fsp3) is 0.280. The monoisotopic (exact) mass is 374 g/mol. The van der Waals surface area contributed by atoms with Gasteiger partial charge in [0.1, 0.15) is 0 Å². The molecule has 0 aliphatic heterocycles. The van der Waals surface area contributed by atoms with Crippen LogP contribution in [0.4, 0.5) is 0 Å². The highest BCUT2D eigenvalue weighted by atomic mass is 28.3. The number of hydrogen-bond acceptors (Lipinski definition) is 1. The molecule has 0 spiro atoms. The summed E-state index contributed by atoms with van der Waals surface area (Å²) in [6.45, 7) is 4.83. The molecule has 27 heavy (non-hydrogen) atoms. The third kappa shape index (κ3) is 5.33. The highest BCUT2D eigenvalue weighted by Gasteiger charge is 2.09. The molecule has 4 rings (SSSR count). The summed E-state index contributed by atoms with van der Waals surface area (Å²) in [7, 11) is -0.611. The van der Waals surface area contributed by atoms with E-state index in [2.05, 4.69) is 79.8 Å². The molecule has 1 N–H and O–H groups in total. The van der Waals surface area contributed by atoms with Gasteiger partial charge in [-0.25, -0.2) is 0 Å². The lowest BCUT2D eigenvalue weighted by Crippen LogP contribution is -2.06. The second kappa shape index (κ2) is 9.57. The van der Waals surface area contributed by atoms with Crippen molar-refractivity contribution in [3.8, 4) is 11.1 Å². The number of benzene rings is 3. The first-order chi connectivity index (χ1) is 13.1. The first-order valence-corrected chi connectivity index (χ1v) is 13.2. The van der Waals surface area contributed by atoms with Gasteiger partial charge in [0.05, 0.1) is 5.76 Å². The van der Waals surface area contributed by atoms with E-state index in [0.717, 1.165) is 12.8 Å². The lowest BCUT2D eigenvalue weighted by molar-refractivity contribution is 0.368. The molecule has 2 heteroatoms. The van der Waals surface area contributed by atoms with Crippen LogP contribution in [-0.2, 0) is 6.04 Å². The predicted octanol–water partition coefficient (Wildman–Crippen LogP) is 7.08. The molecule has 0 heterocycles. The van der Waals surface area contributed by atoms with Gasteiger partial charge >= 0.3 is 0 Å². The van der Waals surface area contributed by atoms with E-state index < -0.39 is 8.80 Å². The van der Waals surface area contributed by atoms with E-state index in [9.17, 15) is 0 Å². The lowest BCUT2D eigenvalue weighted by Gasteiger charge is -2.13. The Bertz CT molecular complexity index is 906. The van der Waals surface area contributed by atoms with Crippen LogP contribution in [0.1, 0.15) is 31.2 Å². The molecule has 0 saturated heterocycles. The molecule has 3 aromatic carbocycles. The summed E-state index contributed by atoms with van der Waals surface area (Å²) < 4.78 is 0. The Morgan fingerprint density at radius 2 is 1.52 bits per heavy atom. The molecule has 0 aromatic heterocycles. The van der Waals surface area contributed by atoms with E-state index in [-0.39, 0.29) is 0 Å². The molecular weight excluding hydrogens is 344 g/mol. The molecule has 0 bridgehead atoms. The number of aliphatic hydroxyl groups excluding tert-OH is 1. The first kappa shape index (κ1) is 19.4. The van der Waals surface area contributed by atoms with Crippen molar-refractivity contribution in [2.45, 2.75) is 44.8 Å². The van der Waals surface area contributed by atoms with Crippen molar-refractivity contribution in [3.05, 3.63) is 84.1 Å². The van der Waals surface area contributed by atoms with Crippen LogP contribution in [0.25, 0.3) is 21.9 Å². The van der Waals surface area contributed by atoms with Crippen molar-refractivity contribution in [1.82, 2.24) is 0 Å². The highest BCUT2D eigenvalue weighted by Crippen LogP contribution is 2.31. The average Bonchev–Trinajstić information content (AvgIpc) is 2.69. The number of fused-ring (bicyclic) bond motifs is 1. The zero-order chi connectivity index (χ0) is 19.1. The molecule has 0 atom stereocenters. The Labute approximate surface area is 165 Å². The zero-order valence-corrected chi connectivity index (χ0v) is 17.6. The molecule has 0 saturated carbocycles. The lowest BCUT2D eigenvalue weighted by atomic mass is 9.95. The Kier molecular flexibility index (Phi) is 6.89. The average molecular weight is 375 g/mol. The van der Waals surface area contributed by atoms with Gasteiger partial charge < -0.3 is 5.11 Å². The number of allylic oxidation sites excluding steroid dienone is 2. The molecule has 3 aromatic rings. The third-order valence-electron chi connectivity index (χ3n) is 4.99. The first-order valence-electron chi connectivity index (χ1n) is 10.1. The van der Waals surface area contributed by atoms with Gasteiger partial charge in [0, 0.05) is 15.2 Å². The van der Waals surface area contributed by atoms with Crippen LogP contribution in [0.15, 0.2) is 78.6 Å². The summed E-state index contributed by atoms with van der Waals surface area (Å²) in [4.78, 5) is 0. The number of rotatable bonds is 3. The van der Waals surface area contributed by atoms with Crippen LogP contribution in [-0.4, -0.2) is 13.9 Å². The normalized spacial score (nSPS) is 13.8. The van der Waals surface area contributed by atoms with Crippen LogP contribution < -0.4 is 0 Å². The van der Waals surface area contributed by atoms with E-state index >= 15 is 0 Å². The minimum atomic E-state index is -0.611. The van der Waals surface area contributed by atoms with E-state index in [0.29, 0.717) is 5.76 Å². The number of hydrogen-bond donors (Lipinski definition) is 1. The van der Waals surface area contributed by atoms with Gasteiger partial charge in [0.25, 0.3) is 0 Å². The molecule has 1 aliphatic rings. The molecule has 1 aliphatic carbocycles. The van der Waals surface area contributed by atoms with Crippen LogP contribution in [0, 0.1) is 0 Å². The SMILES string of the molecule is C[SiH](C)Cc1ccccc1-c1cccc2ccccc12.OC1=CCCCC1. The zero-order valence-electron chi connectivity index (χ0n) is 16.5. The van der Waals surface area contributed by atoms with Crippen molar-refractivity contribution in [1.29, 1.82) is 0 Å². The van der Waals surface area contributed by atoms with E-state index in [1.54, 1.807) is 0 Å². The summed E-state index contributed by atoms with van der Waals surface area (Å²) in [5.41, 5.74) is 4.28. The maximum Gasteiger partial charge on any atom is 0.0882 e. The standard InChI is InChI=1S/C19H20Si.C6H10O/c1-20(2)14-16-9-4-6-12-18(16)19-13-7-10-15-8-3-5-11-17(15)19;7-6-4-2-1-3-5-6/h3-13,20H,14H2,1-2H3;4,7H,1-3,5H2. The molecule has 0 radical (unpaired) electrons. The van der Waals surface area contributed by atoms with E-state index in [1.165, 1.54) is 46.3 Å². The van der Waals surface area contributed by atoms with Gasteiger partial charge in [-0.2, -0.15) is 0 Å². The fourth-order valence-corrected chi connectivity index (χ4v) is 4.92. The van der Waals surface area contributed by atoms with Gasteiger partial charge in [0.2, 0.25) is 0 Å². The maximum atomic E-state index is 8.77. The number of aliphatic hydroxyl groups is 1. The van der Waals surface area contributed by atoms with Gasteiger partial charge in [-0.05, 0) is 58.8 Å². The smallest absolute Gasteiger partial charge is 0.0882 e. The van der Waals surface area contributed by atoms with E-state index in [1.807, 2.05) is 6.08 Å². The second-order valence-corrected chi connectivity index (χ2v) is 10.9. The molecule has 0 fully saturated rings. The Hall–Kier alpha value is -2.32. The topological polar surface area (TPSA) is 20.2 Å². The van der Waals surface area contributed by atoms with Gasteiger partial charge in [-0.15, -0.1) is 0 Å². The summed E-state index contributed by atoms with van der Waals surface area (Å²) in [6, 6.07) is 25.4. The quantitative estimate of drug-likeness (QED) is 0.486. The Balaban J connectivity index is 0.000000253. The largest absolute Gasteiger partial charge is 0.513 e. The van der Waals surface area contributed by atoms with Gasteiger partial charge in [-0.3, -0.25) is 0 Å². The molecule has 1 nitrogen and oxygen atoms in total. The summed E-state index contributed by atoms with van der Waals surface area (Å²) in [6.07, 6.45) is 6.31. The van der Waals surface area contributed by atoms with Crippen LogP contribution in [0.2, 0.25) is 13.1 Å². The van der Waals surface area contributed by atoms with Gasteiger partial charge in [0.15, 0.2) is 0 Å². The van der Waals surface area contributed by atoms with Crippen LogP contribution in [0.5, 0.6) is 0 Å². The van der Waals surface area contributed by atoms with Crippen molar-refractivity contribution in [2.24, 2.45) is 0 Å². The van der Waals surface area contributed by atoms with Crippen LogP contribution in [0.3, 0.4) is 0 Å². The molecule has 140 valence electrons. The second-order valence-electron chi connectivity index (χ2n) is 7.72.